The number of hydrogen-bond donors (Lipinski definition) is 3. The maximum Gasteiger partial charge on any atom is 0.335 e. The highest BCUT2D eigenvalue weighted by atomic mass is 32.1. The minimum absolute atomic E-state index is 0.0298. The van der Waals surface area contributed by atoms with E-state index in [2.05, 4.69) is 43.4 Å². The summed E-state index contributed by atoms with van der Waals surface area (Å²) >= 11 is 1.78. The van der Waals surface area contributed by atoms with Crippen molar-refractivity contribution in [1.82, 2.24) is 5.32 Å². The number of benzene rings is 3. The van der Waals surface area contributed by atoms with Gasteiger partial charge in [-0.2, -0.15) is 5.26 Å². The summed E-state index contributed by atoms with van der Waals surface area (Å²) in [6, 6.07) is 24.3. The second-order valence-corrected chi connectivity index (χ2v) is 10.5. The Balaban J connectivity index is 1.35. The molecule has 0 fully saturated rings. The van der Waals surface area contributed by atoms with E-state index < -0.39 is 12.1 Å². The van der Waals surface area contributed by atoms with Crippen molar-refractivity contribution in [3.05, 3.63) is 88.8 Å². The van der Waals surface area contributed by atoms with E-state index in [1.165, 1.54) is 27.1 Å². The molecule has 0 saturated heterocycles. The van der Waals surface area contributed by atoms with E-state index in [1.807, 2.05) is 12.1 Å². The van der Waals surface area contributed by atoms with Gasteiger partial charge in [0.1, 0.15) is 24.5 Å². The van der Waals surface area contributed by atoms with Crippen LogP contribution in [-0.4, -0.2) is 41.0 Å². The number of nitriles is 1. The standard InChI is InChI=1S/C29H28N2O4S/c1-29(2,15-25-13-22-5-3-4-6-27(22)36-25)31-17-24(32)18-35-26-14-21(11-12-23(26)16-30)19-7-9-20(10-8-19)28(33)34/h3-14,24,31-32H,15,17-18H2,1-2H3,(H,33,34)/t24-/m0/s1. The van der Waals surface area contributed by atoms with Crippen molar-refractivity contribution in [1.29, 1.82) is 5.26 Å². The van der Waals surface area contributed by atoms with Crippen molar-refractivity contribution in [2.75, 3.05) is 13.2 Å². The van der Waals surface area contributed by atoms with Crippen molar-refractivity contribution in [3.8, 4) is 22.9 Å². The van der Waals surface area contributed by atoms with E-state index in [1.54, 1.807) is 41.7 Å². The average molecular weight is 501 g/mol. The van der Waals surface area contributed by atoms with Crippen molar-refractivity contribution in [3.63, 3.8) is 0 Å². The summed E-state index contributed by atoms with van der Waals surface area (Å²) in [7, 11) is 0. The van der Waals surface area contributed by atoms with Crippen molar-refractivity contribution in [2.45, 2.75) is 31.9 Å². The lowest BCUT2D eigenvalue weighted by molar-refractivity contribution is 0.0697. The number of aromatic carboxylic acids is 1. The normalized spacial score (nSPS) is 12.3. The van der Waals surface area contributed by atoms with Gasteiger partial charge in [0, 0.05) is 21.7 Å². The number of ether oxygens (including phenoxy) is 1. The van der Waals surface area contributed by atoms with Gasteiger partial charge in [0.15, 0.2) is 0 Å². The van der Waals surface area contributed by atoms with Crippen molar-refractivity contribution >= 4 is 27.4 Å². The fraction of sp³-hybridized carbons (Fsp3) is 0.241. The molecule has 0 radical (unpaired) electrons. The molecular weight excluding hydrogens is 472 g/mol. The zero-order valence-corrected chi connectivity index (χ0v) is 21.0. The second kappa shape index (κ2) is 10.9. The van der Waals surface area contributed by atoms with Crippen LogP contribution in [0.15, 0.2) is 72.8 Å². The molecule has 7 heteroatoms. The Morgan fingerprint density at radius 2 is 1.81 bits per heavy atom. The maximum atomic E-state index is 11.1. The molecule has 1 heterocycles. The first-order chi connectivity index (χ1) is 17.2. The summed E-state index contributed by atoms with van der Waals surface area (Å²) in [5.74, 6) is -0.610. The minimum Gasteiger partial charge on any atom is -0.489 e. The molecular formula is C29H28N2O4S. The van der Waals surface area contributed by atoms with Crippen LogP contribution in [0.5, 0.6) is 5.75 Å². The SMILES string of the molecule is CC(C)(Cc1cc2ccccc2s1)NC[C@H](O)COc1cc(-c2ccc(C(=O)O)cc2)ccc1C#N. The van der Waals surface area contributed by atoms with Crippen molar-refractivity contribution in [2.24, 2.45) is 0 Å². The number of nitrogens with one attached hydrogen (secondary N) is 1. The third kappa shape index (κ3) is 6.29. The molecule has 36 heavy (non-hydrogen) atoms. The lowest BCUT2D eigenvalue weighted by Gasteiger charge is -2.27. The number of thiophene rings is 1. The molecule has 6 nitrogen and oxygen atoms in total. The molecule has 3 N–H and O–H groups in total. The Morgan fingerprint density at radius 1 is 1.08 bits per heavy atom. The van der Waals surface area contributed by atoms with Gasteiger partial charge < -0.3 is 20.3 Å². The number of carboxylic acids is 1. The molecule has 0 aliphatic heterocycles. The van der Waals surface area contributed by atoms with Gasteiger partial charge in [-0.25, -0.2) is 4.79 Å². The predicted octanol–water partition coefficient (Wildman–Crippen LogP) is 5.49. The number of aliphatic hydroxyl groups is 1. The van der Waals surface area contributed by atoms with Crippen LogP contribution in [0.1, 0.15) is 34.6 Å². The van der Waals surface area contributed by atoms with E-state index in [0.29, 0.717) is 17.9 Å². The van der Waals surface area contributed by atoms with E-state index >= 15 is 0 Å². The monoisotopic (exact) mass is 500 g/mol. The Kier molecular flexibility index (Phi) is 7.70. The van der Waals surface area contributed by atoms with Crippen LogP contribution in [0.4, 0.5) is 0 Å². The number of aliphatic hydroxyl groups excluding tert-OH is 1. The lowest BCUT2D eigenvalue weighted by atomic mass is 9.99. The number of rotatable bonds is 10. The van der Waals surface area contributed by atoms with E-state index in [9.17, 15) is 15.2 Å². The van der Waals surface area contributed by atoms with Gasteiger partial charge in [0.05, 0.1) is 11.1 Å². The summed E-state index contributed by atoms with van der Waals surface area (Å²) < 4.78 is 7.10. The molecule has 0 bridgehead atoms. The van der Waals surface area contributed by atoms with E-state index in [0.717, 1.165) is 17.5 Å². The largest absolute Gasteiger partial charge is 0.489 e. The Morgan fingerprint density at radius 3 is 2.50 bits per heavy atom. The highest BCUT2D eigenvalue weighted by Crippen LogP contribution is 2.29. The second-order valence-electron chi connectivity index (χ2n) is 9.36. The van der Waals surface area contributed by atoms with Gasteiger partial charge in [-0.15, -0.1) is 11.3 Å². The van der Waals surface area contributed by atoms with Crippen LogP contribution in [0.25, 0.3) is 21.2 Å². The molecule has 184 valence electrons. The highest BCUT2D eigenvalue weighted by Gasteiger charge is 2.21. The highest BCUT2D eigenvalue weighted by molar-refractivity contribution is 7.19. The van der Waals surface area contributed by atoms with Crippen LogP contribution in [-0.2, 0) is 6.42 Å². The molecule has 0 saturated carbocycles. The smallest absolute Gasteiger partial charge is 0.335 e. The average Bonchev–Trinajstić information content (AvgIpc) is 3.27. The van der Waals surface area contributed by atoms with E-state index in [-0.39, 0.29) is 17.7 Å². The van der Waals surface area contributed by atoms with E-state index in [4.69, 9.17) is 9.84 Å². The topological polar surface area (TPSA) is 103 Å². The minimum atomic E-state index is -0.986. The first-order valence-corrected chi connectivity index (χ1v) is 12.5. The van der Waals surface area contributed by atoms with Crippen LogP contribution in [0, 0.1) is 11.3 Å². The zero-order valence-electron chi connectivity index (χ0n) is 20.2. The number of hydrogen-bond acceptors (Lipinski definition) is 6. The number of β-amino-alcohol motifs (C(OH)–C–C–N with tert-alkyl or cyclic N) is 1. The fourth-order valence-corrected chi connectivity index (χ4v) is 5.27. The summed E-state index contributed by atoms with van der Waals surface area (Å²) in [6.07, 6.45) is 0.0676. The number of carboxylic acid groups (broad SMARTS) is 1. The lowest BCUT2D eigenvalue weighted by Crippen LogP contribution is -2.46. The van der Waals surface area contributed by atoms with Gasteiger partial charge in [-0.3, -0.25) is 0 Å². The molecule has 0 amide bonds. The summed E-state index contributed by atoms with van der Waals surface area (Å²) in [5, 5.41) is 33.8. The first-order valence-electron chi connectivity index (χ1n) is 11.7. The first kappa shape index (κ1) is 25.4. The Labute approximate surface area is 214 Å². The van der Waals surface area contributed by atoms with Crippen LogP contribution < -0.4 is 10.1 Å². The van der Waals surface area contributed by atoms with Crippen LogP contribution >= 0.6 is 11.3 Å². The third-order valence-electron chi connectivity index (χ3n) is 5.91. The quantitative estimate of drug-likeness (QED) is 0.266. The molecule has 0 aliphatic carbocycles. The molecule has 1 atom stereocenters. The molecule has 3 aromatic carbocycles. The summed E-state index contributed by atoms with van der Waals surface area (Å²) in [4.78, 5) is 12.4. The number of nitrogens with zero attached hydrogens (tertiary/aromatic N) is 1. The molecule has 4 aromatic rings. The molecule has 0 unspecified atom stereocenters. The fourth-order valence-electron chi connectivity index (χ4n) is 3.98. The number of carbonyl (C=O) groups is 1. The van der Waals surface area contributed by atoms with Gasteiger partial charge in [-0.05, 0) is 73.2 Å². The zero-order chi connectivity index (χ0) is 25.7. The third-order valence-corrected chi connectivity index (χ3v) is 7.02. The molecule has 4 rings (SSSR count). The predicted molar refractivity (Wildman–Crippen MR) is 143 cm³/mol. The van der Waals surface area contributed by atoms with Gasteiger partial charge in [0.2, 0.25) is 0 Å². The van der Waals surface area contributed by atoms with Crippen LogP contribution in [0.3, 0.4) is 0 Å². The van der Waals surface area contributed by atoms with Crippen molar-refractivity contribution < 1.29 is 19.7 Å². The Bertz CT molecular complexity index is 1370. The van der Waals surface area contributed by atoms with Gasteiger partial charge in [-0.1, -0.05) is 36.4 Å². The maximum absolute atomic E-state index is 11.1. The van der Waals surface area contributed by atoms with Gasteiger partial charge >= 0.3 is 5.97 Å². The summed E-state index contributed by atoms with van der Waals surface area (Å²) in [6.45, 7) is 4.59. The molecule has 1 aromatic heterocycles. The summed E-state index contributed by atoms with van der Waals surface area (Å²) in [5.41, 5.74) is 1.94. The molecule has 0 spiro atoms. The molecule has 0 aliphatic rings. The van der Waals surface area contributed by atoms with Crippen LogP contribution in [0.2, 0.25) is 0 Å². The van der Waals surface area contributed by atoms with Gasteiger partial charge in [0.25, 0.3) is 0 Å². The number of fused-ring (bicyclic) bond motifs is 1. The Hall–Kier alpha value is -3.70.